The average Bonchev–Trinajstić information content (AvgIpc) is 3.23. The fourth-order valence-electron chi connectivity index (χ4n) is 4.51. The summed E-state index contributed by atoms with van der Waals surface area (Å²) in [6.45, 7) is 8.81. The summed E-state index contributed by atoms with van der Waals surface area (Å²) in [5.41, 5.74) is 2.14. The van der Waals surface area contributed by atoms with E-state index >= 15 is 0 Å². The summed E-state index contributed by atoms with van der Waals surface area (Å²) in [4.78, 5) is 45.9. The maximum Gasteiger partial charge on any atom is 0.325 e. The number of nitrogens with zero attached hydrogens (tertiary/aromatic N) is 3. The quantitative estimate of drug-likeness (QED) is 0.558. The Morgan fingerprint density at radius 2 is 1.79 bits per heavy atom. The minimum Gasteiger partial charge on any atom is -0.480 e. The number of aliphatic carboxylic acids is 1. The molecule has 1 aromatic heterocycles. The van der Waals surface area contributed by atoms with Gasteiger partial charge in [0.15, 0.2) is 0 Å². The molecule has 0 spiro atoms. The van der Waals surface area contributed by atoms with E-state index in [4.69, 9.17) is 4.74 Å². The number of H-pyrrole nitrogens is 1. The van der Waals surface area contributed by atoms with Crippen LogP contribution >= 0.6 is 0 Å². The number of hydrogen-bond donors (Lipinski definition) is 3. The van der Waals surface area contributed by atoms with Crippen LogP contribution in [-0.4, -0.2) is 102 Å². The molecule has 34 heavy (non-hydrogen) atoms. The van der Waals surface area contributed by atoms with Crippen LogP contribution in [0.3, 0.4) is 0 Å². The molecule has 3 N–H and O–H groups in total. The predicted molar refractivity (Wildman–Crippen MR) is 128 cm³/mol. The Balaban J connectivity index is 1.42. The van der Waals surface area contributed by atoms with E-state index in [9.17, 15) is 19.5 Å². The first-order chi connectivity index (χ1) is 16.3. The number of piperazine rings is 1. The molecule has 1 aromatic carbocycles. The second-order valence-corrected chi connectivity index (χ2v) is 9.19. The van der Waals surface area contributed by atoms with Gasteiger partial charge >= 0.3 is 5.97 Å². The highest BCUT2D eigenvalue weighted by atomic mass is 16.5. The third-order valence-corrected chi connectivity index (χ3v) is 6.53. The van der Waals surface area contributed by atoms with Crippen LogP contribution in [0.25, 0.3) is 10.9 Å². The zero-order chi connectivity index (χ0) is 24.2. The lowest BCUT2D eigenvalue weighted by Crippen LogP contribution is -2.52. The van der Waals surface area contributed by atoms with E-state index in [0.717, 1.165) is 10.9 Å². The number of amides is 2. The molecule has 2 fully saturated rings. The average molecular weight is 472 g/mol. The number of carbonyl (C=O) groups excluding carboxylic acids is 2. The number of ether oxygens (including phenoxy) is 1. The summed E-state index contributed by atoms with van der Waals surface area (Å²) in [5.74, 6) is -1.01. The number of benzene rings is 1. The van der Waals surface area contributed by atoms with Crippen molar-refractivity contribution in [3.63, 3.8) is 0 Å². The molecule has 0 radical (unpaired) electrons. The van der Waals surface area contributed by atoms with Gasteiger partial charge in [-0.25, -0.2) is 0 Å². The zero-order valence-corrected chi connectivity index (χ0v) is 19.7. The number of anilines is 1. The summed E-state index contributed by atoms with van der Waals surface area (Å²) in [5, 5.41) is 13.8. The van der Waals surface area contributed by atoms with E-state index in [1.54, 1.807) is 12.3 Å². The highest BCUT2D eigenvalue weighted by Crippen LogP contribution is 2.31. The van der Waals surface area contributed by atoms with Crippen LogP contribution in [0.2, 0.25) is 0 Å². The number of hydrogen-bond acceptors (Lipinski definition) is 6. The molecule has 2 aromatic rings. The third kappa shape index (κ3) is 5.40. The first-order valence-electron chi connectivity index (χ1n) is 11.8. The maximum atomic E-state index is 12.5. The van der Waals surface area contributed by atoms with Gasteiger partial charge in [0, 0.05) is 73.5 Å². The lowest BCUT2D eigenvalue weighted by molar-refractivity contribution is -0.145. The number of aromatic nitrogens is 1. The second kappa shape index (κ2) is 10.5. The zero-order valence-electron chi connectivity index (χ0n) is 19.7. The fraction of sp³-hybridized carbons (Fsp3) is 0.542. The van der Waals surface area contributed by atoms with Gasteiger partial charge in [0.2, 0.25) is 11.8 Å². The first-order valence-corrected chi connectivity index (χ1v) is 11.8. The van der Waals surface area contributed by atoms with Gasteiger partial charge in [0.05, 0.1) is 19.8 Å². The van der Waals surface area contributed by atoms with Gasteiger partial charge in [-0.05, 0) is 12.1 Å². The number of rotatable bonds is 7. The summed E-state index contributed by atoms with van der Waals surface area (Å²) in [7, 11) is 0. The molecule has 1 atom stereocenters. The Bertz CT molecular complexity index is 1040. The molecular weight excluding hydrogens is 438 g/mol. The normalized spacial score (nSPS) is 18.9. The molecule has 10 nitrogen and oxygen atoms in total. The van der Waals surface area contributed by atoms with Gasteiger partial charge in [0.25, 0.3) is 0 Å². The number of carbonyl (C=O) groups is 3. The lowest BCUT2D eigenvalue weighted by Gasteiger charge is -2.38. The fourth-order valence-corrected chi connectivity index (χ4v) is 4.51. The SMILES string of the molecule is CC(C)C(=O)Nc1ccc2c(C(C(=O)O)N3CCN(CC(=O)N4CCOCC4)CC3)c[nH]c2c1. The van der Waals surface area contributed by atoms with Crippen molar-refractivity contribution in [2.45, 2.75) is 19.9 Å². The molecule has 2 aliphatic heterocycles. The van der Waals surface area contributed by atoms with Crippen LogP contribution in [0.4, 0.5) is 5.69 Å². The molecule has 4 rings (SSSR count). The highest BCUT2D eigenvalue weighted by Gasteiger charge is 2.33. The van der Waals surface area contributed by atoms with Gasteiger partial charge < -0.3 is 25.0 Å². The maximum absolute atomic E-state index is 12.5. The highest BCUT2D eigenvalue weighted by molar-refractivity contribution is 5.96. The van der Waals surface area contributed by atoms with E-state index in [0.29, 0.717) is 70.3 Å². The van der Waals surface area contributed by atoms with E-state index in [-0.39, 0.29) is 17.7 Å². The van der Waals surface area contributed by atoms with Gasteiger partial charge in [-0.15, -0.1) is 0 Å². The predicted octanol–water partition coefficient (Wildman–Crippen LogP) is 1.36. The molecule has 2 aliphatic rings. The van der Waals surface area contributed by atoms with Crippen molar-refractivity contribution < 1.29 is 24.2 Å². The third-order valence-electron chi connectivity index (χ3n) is 6.53. The van der Waals surface area contributed by atoms with E-state index in [2.05, 4.69) is 15.2 Å². The Hall–Kier alpha value is -2.95. The van der Waals surface area contributed by atoms with Crippen LogP contribution in [0, 0.1) is 5.92 Å². The Morgan fingerprint density at radius 1 is 1.09 bits per heavy atom. The summed E-state index contributed by atoms with van der Waals surface area (Å²) < 4.78 is 5.31. The van der Waals surface area contributed by atoms with Crippen molar-refractivity contribution in [1.29, 1.82) is 0 Å². The Labute approximate surface area is 198 Å². The summed E-state index contributed by atoms with van der Waals surface area (Å²) >= 11 is 0. The van der Waals surface area contributed by atoms with Crippen molar-refractivity contribution in [2.75, 3.05) is 64.3 Å². The van der Waals surface area contributed by atoms with E-state index < -0.39 is 12.0 Å². The topological polar surface area (TPSA) is 118 Å². The van der Waals surface area contributed by atoms with Crippen LogP contribution < -0.4 is 5.32 Å². The molecule has 3 heterocycles. The standard InChI is InChI=1S/C24H33N5O5/c1-16(2)23(31)26-17-3-4-18-19(14-25-20(18)13-17)22(24(32)33)29-7-5-27(6-8-29)15-21(30)28-9-11-34-12-10-28/h3-4,13-14,16,22,25H,5-12,15H2,1-2H3,(H,26,31)(H,32,33). The lowest BCUT2D eigenvalue weighted by atomic mass is 10.0. The Morgan fingerprint density at radius 3 is 2.44 bits per heavy atom. The first kappa shape index (κ1) is 24.2. The molecule has 0 aliphatic carbocycles. The van der Waals surface area contributed by atoms with Crippen molar-refractivity contribution in [3.05, 3.63) is 30.0 Å². The molecule has 10 heteroatoms. The number of nitrogens with one attached hydrogen (secondary N) is 2. The summed E-state index contributed by atoms with van der Waals surface area (Å²) in [6, 6.07) is 4.69. The minimum atomic E-state index is -0.907. The van der Waals surface area contributed by atoms with Gasteiger partial charge in [-0.3, -0.25) is 24.2 Å². The van der Waals surface area contributed by atoms with Crippen LogP contribution in [0.5, 0.6) is 0 Å². The van der Waals surface area contributed by atoms with Crippen LogP contribution in [0.1, 0.15) is 25.5 Å². The van der Waals surface area contributed by atoms with Crippen molar-refractivity contribution >= 4 is 34.4 Å². The molecule has 2 amide bonds. The van der Waals surface area contributed by atoms with Crippen LogP contribution in [-0.2, 0) is 19.1 Å². The number of carboxylic acid groups (broad SMARTS) is 1. The van der Waals surface area contributed by atoms with Crippen LogP contribution in [0.15, 0.2) is 24.4 Å². The molecule has 0 bridgehead atoms. The molecule has 2 saturated heterocycles. The van der Waals surface area contributed by atoms with E-state index in [1.807, 2.05) is 35.8 Å². The number of aromatic amines is 1. The van der Waals surface area contributed by atoms with E-state index in [1.165, 1.54) is 0 Å². The van der Waals surface area contributed by atoms with Crippen molar-refractivity contribution in [2.24, 2.45) is 5.92 Å². The molecule has 184 valence electrons. The second-order valence-electron chi connectivity index (χ2n) is 9.19. The largest absolute Gasteiger partial charge is 0.480 e. The number of carboxylic acids is 1. The van der Waals surface area contributed by atoms with Gasteiger partial charge in [-0.2, -0.15) is 0 Å². The van der Waals surface area contributed by atoms with Gasteiger partial charge in [-0.1, -0.05) is 19.9 Å². The smallest absolute Gasteiger partial charge is 0.325 e. The monoisotopic (exact) mass is 471 g/mol. The Kier molecular flexibility index (Phi) is 7.50. The molecule has 0 saturated carbocycles. The van der Waals surface area contributed by atoms with Gasteiger partial charge in [0.1, 0.15) is 6.04 Å². The minimum absolute atomic E-state index is 0.0699. The molecule has 1 unspecified atom stereocenters. The number of fused-ring (bicyclic) bond motifs is 1. The van der Waals surface area contributed by atoms with Crippen molar-refractivity contribution in [3.8, 4) is 0 Å². The summed E-state index contributed by atoms with van der Waals surface area (Å²) in [6.07, 6.45) is 1.74. The molecular formula is C24H33N5O5. The van der Waals surface area contributed by atoms with Crippen molar-refractivity contribution in [1.82, 2.24) is 19.7 Å². The number of morpholine rings is 1.